The summed E-state index contributed by atoms with van der Waals surface area (Å²) in [6.07, 6.45) is 11.9. The monoisotopic (exact) mass is 583 g/mol. The maximum atomic E-state index is 12.2. The third kappa shape index (κ3) is 7.12. The highest BCUT2D eigenvalue weighted by molar-refractivity contribution is 7.87. The van der Waals surface area contributed by atoms with Crippen molar-refractivity contribution in [1.82, 2.24) is 0 Å². The molecule has 40 heavy (non-hydrogen) atoms. The minimum atomic E-state index is -3.91. The molecular weight excluding hydrogens is 546 g/mol. The van der Waals surface area contributed by atoms with E-state index in [1.807, 2.05) is 0 Å². The van der Waals surface area contributed by atoms with E-state index in [-0.39, 0.29) is 10.6 Å². The van der Waals surface area contributed by atoms with Crippen LogP contribution in [-0.4, -0.2) is 25.4 Å². The van der Waals surface area contributed by atoms with Crippen LogP contribution in [-0.2, 0) is 14.9 Å². The number of amides is 1. The van der Waals surface area contributed by atoms with Gasteiger partial charge in [-0.05, 0) is 92.0 Å². The topological polar surface area (TPSA) is 124 Å². The molecule has 3 fully saturated rings. The van der Waals surface area contributed by atoms with Crippen molar-refractivity contribution < 1.29 is 27.3 Å². The summed E-state index contributed by atoms with van der Waals surface area (Å²) < 4.78 is 30.3. The normalized spacial score (nSPS) is 21.3. The lowest BCUT2D eigenvalue weighted by atomic mass is 9.46. The number of rotatable bonds is 10. The number of hydrogen-bond donors (Lipinski definition) is 2. The zero-order valence-electron chi connectivity index (χ0n) is 22.9. The molecule has 0 saturated heterocycles. The van der Waals surface area contributed by atoms with Crippen LogP contribution >= 0.6 is 11.3 Å². The second-order valence-corrected chi connectivity index (χ2v) is 13.8. The highest BCUT2D eigenvalue weighted by Crippen LogP contribution is 2.61. The molecule has 3 N–H and O–H groups in total. The number of hydrogen-bond acceptors (Lipinski definition) is 6. The van der Waals surface area contributed by atoms with Crippen LogP contribution in [0, 0.1) is 23.2 Å². The van der Waals surface area contributed by atoms with Gasteiger partial charge in [0, 0.05) is 21.9 Å². The Kier molecular flexibility index (Phi) is 9.36. The van der Waals surface area contributed by atoms with Gasteiger partial charge in [0.1, 0.15) is 10.6 Å². The van der Waals surface area contributed by atoms with Crippen molar-refractivity contribution in [2.45, 2.75) is 63.7 Å². The third-order valence-electron chi connectivity index (χ3n) is 8.35. The van der Waals surface area contributed by atoms with Crippen molar-refractivity contribution in [2.24, 2.45) is 28.9 Å². The standard InChI is InChI=1S/C16H26O2.C15H11NO4S2/c1-16(2)13-9-12(10-14(16)11-13)7-5-3-4-6-8-15(17)18;16-15(17)13-9-21-14-7-6-10(8-12(13)14)20-22(18,19)11-4-2-1-3-5-11/h3,5,12-14H,4,6-11H2,1-2H3,(H,17,18);1-9H,(H2,16,17)/b5-3-;/t12?,13-,14+;. The lowest BCUT2D eigenvalue weighted by Gasteiger charge is -2.59. The molecule has 1 heterocycles. The number of thiophene rings is 1. The SMILES string of the molecule is CC1(C)[C@@H]2CC(C/C=C\CCCC(=O)O)C[C@H]1C2.NC(=O)c1csc2ccc(OS(=O)(=O)c3ccccc3)cc12. The molecule has 2 bridgehead atoms. The molecule has 0 aliphatic heterocycles. The third-order valence-corrected chi connectivity index (χ3v) is 10.6. The number of unbranched alkanes of at least 4 members (excludes halogenated alkanes) is 1. The number of fused-ring (bicyclic) bond motifs is 3. The van der Waals surface area contributed by atoms with Crippen LogP contribution in [0.1, 0.15) is 69.2 Å². The Balaban J connectivity index is 0.000000189. The Morgan fingerprint density at radius 1 is 1.07 bits per heavy atom. The Labute approximate surface area is 240 Å². The second kappa shape index (κ2) is 12.6. The number of carboxylic acid groups (broad SMARTS) is 1. The Bertz CT molecular complexity index is 1460. The number of nitrogens with two attached hydrogens (primary N) is 1. The molecule has 3 aromatic rings. The first-order valence-electron chi connectivity index (χ1n) is 13.6. The summed E-state index contributed by atoms with van der Waals surface area (Å²) in [7, 11) is -3.91. The number of allylic oxidation sites excluding steroid dienone is 2. The molecule has 2 aromatic carbocycles. The van der Waals surface area contributed by atoms with Gasteiger partial charge in [0.2, 0.25) is 5.91 Å². The lowest BCUT2D eigenvalue weighted by Crippen LogP contribution is -2.50. The number of primary amides is 1. The number of carboxylic acids is 1. The van der Waals surface area contributed by atoms with Crippen LogP contribution in [0.15, 0.2) is 71.0 Å². The zero-order valence-corrected chi connectivity index (χ0v) is 24.5. The van der Waals surface area contributed by atoms with Crippen molar-refractivity contribution in [3.63, 3.8) is 0 Å². The average molecular weight is 584 g/mol. The highest BCUT2D eigenvalue weighted by atomic mass is 32.2. The van der Waals surface area contributed by atoms with Crippen LogP contribution in [0.2, 0.25) is 0 Å². The summed E-state index contributed by atoms with van der Waals surface area (Å²) in [5.74, 6) is 1.70. The Hall–Kier alpha value is -3.17. The van der Waals surface area contributed by atoms with Gasteiger partial charge in [-0.3, -0.25) is 9.59 Å². The van der Waals surface area contributed by atoms with Crippen molar-refractivity contribution in [3.8, 4) is 5.75 Å². The molecule has 7 nitrogen and oxygen atoms in total. The van der Waals surface area contributed by atoms with E-state index in [2.05, 4.69) is 26.0 Å². The number of aliphatic carboxylic acids is 1. The zero-order chi connectivity index (χ0) is 28.9. The molecule has 1 aromatic heterocycles. The molecule has 214 valence electrons. The fourth-order valence-corrected chi connectivity index (χ4v) is 7.68. The molecule has 3 aliphatic carbocycles. The van der Waals surface area contributed by atoms with Gasteiger partial charge < -0.3 is 15.0 Å². The summed E-state index contributed by atoms with van der Waals surface area (Å²) in [5, 5.41) is 10.8. The van der Waals surface area contributed by atoms with Crippen LogP contribution in [0.4, 0.5) is 0 Å². The molecule has 1 unspecified atom stereocenters. The lowest BCUT2D eigenvalue weighted by molar-refractivity contribution is -0.137. The van der Waals surface area contributed by atoms with Gasteiger partial charge in [0.25, 0.3) is 0 Å². The summed E-state index contributed by atoms with van der Waals surface area (Å²) >= 11 is 1.36. The number of benzene rings is 2. The molecule has 3 atom stereocenters. The fraction of sp³-hybridized carbons (Fsp3) is 0.419. The number of carbonyl (C=O) groups excluding carboxylic acids is 1. The molecular formula is C31H37NO6S2. The first-order valence-corrected chi connectivity index (χ1v) is 15.9. The second-order valence-electron chi connectivity index (χ2n) is 11.3. The van der Waals surface area contributed by atoms with Gasteiger partial charge in [-0.15, -0.1) is 11.3 Å². The Morgan fingerprint density at radius 3 is 2.40 bits per heavy atom. The van der Waals surface area contributed by atoms with Crippen molar-refractivity contribution >= 4 is 43.4 Å². The maximum Gasteiger partial charge on any atom is 0.339 e. The summed E-state index contributed by atoms with van der Waals surface area (Å²) in [5.41, 5.74) is 6.26. The quantitative estimate of drug-likeness (QED) is 0.150. The minimum Gasteiger partial charge on any atom is -0.481 e. The van der Waals surface area contributed by atoms with E-state index in [4.69, 9.17) is 15.0 Å². The van der Waals surface area contributed by atoms with E-state index in [9.17, 15) is 18.0 Å². The van der Waals surface area contributed by atoms with Crippen molar-refractivity contribution in [3.05, 3.63) is 71.6 Å². The van der Waals surface area contributed by atoms with Gasteiger partial charge in [-0.25, -0.2) is 0 Å². The fourth-order valence-electron chi connectivity index (χ4n) is 5.81. The molecule has 6 rings (SSSR count). The molecule has 0 radical (unpaired) electrons. The summed E-state index contributed by atoms with van der Waals surface area (Å²) in [6.45, 7) is 4.87. The van der Waals surface area contributed by atoms with Gasteiger partial charge in [-0.1, -0.05) is 44.2 Å². The van der Waals surface area contributed by atoms with Gasteiger partial charge >= 0.3 is 16.1 Å². The molecule has 3 saturated carbocycles. The molecule has 3 aliphatic rings. The van der Waals surface area contributed by atoms with Crippen LogP contribution < -0.4 is 9.92 Å². The first kappa shape index (κ1) is 29.8. The maximum absolute atomic E-state index is 12.2. The predicted molar refractivity (Wildman–Crippen MR) is 158 cm³/mol. The van der Waals surface area contributed by atoms with E-state index >= 15 is 0 Å². The summed E-state index contributed by atoms with van der Waals surface area (Å²) in [4.78, 5) is 21.8. The Morgan fingerprint density at radius 2 is 1.77 bits per heavy atom. The van der Waals surface area contributed by atoms with Crippen LogP contribution in [0.25, 0.3) is 10.1 Å². The van der Waals surface area contributed by atoms with Gasteiger partial charge in [0.05, 0.1) is 5.56 Å². The van der Waals surface area contributed by atoms with Crippen LogP contribution in [0.3, 0.4) is 0 Å². The van der Waals surface area contributed by atoms with Crippen molar-refractivity contribution in [2.75, 3.05) is 0 Å². The largest absolute Gasteiger partial charge is 0.481 e. The van der Waals surface area contributed by atoms with Crippen LogP contribution in [0.5, 0.6) is 5.75 Å². The molecule has 1 amide bonds. The van der Waals surface area contributed by atoms with E-state index in [1.54, 1.807) is 35.7 Å². The minimum absolute atomic E-state index is 0.0653. The predicted octanol–water partition coefficient (Wildman–Crippen LogP) is 7.03. The van der Waals surface area contributed by atoms with Gasteiger partial charge in [-0.2, -0.15) is 8.42 Å². The first-order chi connectivity index (χ1) is 19.0. The smallest absolute Gasteiger partial charge is 0.339 e. The van der Waals surface area contributed by atoms with Gasteiger partial charge in [0.15, 0.2) is 0 Å². The van der Waals surface area contributed by atoms with E-state index < -0.39 is 22.0 Å². The van der Waals surface area contributed by atoms with E-state index in [0.29, 0.717) is 22.8 Å². The molecule has 0 spiro atoms. The molecule has 9 heteroatoms. The highest BCUT2D eigenvalue weighted by Gasteiger charge is 2.52. The van der Waals surface area contributed by atoms with E-state index in [0.717, 1.165) is 35.3 Å². The number of carbonyl (C=O) groups is 2. The van der Waals surface area contributed by atoms with E-state index in [1.165, 1.54) is 55.2 Å². The summed E-state index contributed by atoms with van der Waals surface area (Å²) in [6, 6.07) is 12.6. The average Bonchev–Trinajstić information content (AvgIpc) is 3.35. The van der Waals surface area contributed by atoms with Crippen molar-refractivity contribution in [1.29, 1.82) is 0 Å².